The lowest BCUT2D eigenvalue weighted by molar-refractivity contribution is 0.0753. The summed E-state index contributed by atoms with van der Waals surface area (Å²) in [4.78, 5) is 25.3. The molecule has 144 valence electrons. The minimum atomic E-state index is 0.0800. The van der Waals surface area contributed by atoms with Gasteiger partial charge in [0.1, 0.15) is 5.82 Å². The fraction of sp³-hybridized carbons (Fsp3) is 0.167. The molecule has 0 saturated carbocycles. The summed E-state index contributed by atoms with van der Waals surface area (Å²) in [5.41, 5.74) is 3.09. The summed E-state index contributed by atoms with van der Waals surface area (Å²) in [7, 11) is 0. The molecule has 5 heteroatoms. The third-order valence-electron chi connectivity index (χ3n) is 5.54. The fourth-order valence-corrected chi connectivity index (χ4v) is 4.08. The average Bonchev–Trinajstić information content (AvgIpc) is 3.21. The van der Waals surface area contributed by atoms with Gasteiger partial charge in [0.25, 0.3) is 5.91 Å². The zero-order chi connectivity index (χ0) is 19.6. The third kappa shape index (κ3) is 3.36. The summed E-state index contributed by atoms with van der Waals surface area (Å²) in [6.07, 6.45) is 3.62. The van der Waals surface area contributed by atoms with E-state index in [4.69, 9.17) is 0 Å². The van der Waals surface area contributed by atoms with Crippen molar-refractivity contribution in [2.24, 2.45) is 0 Å². The van der Waals surface area contributed by atoms with E-state index < -0.39 is 0 Å². The Kier molecular flexibility index (Phi) is 4.48. The van der Waals surface area contributed by atoms with Gasteiger partial charge in [-0.2, -0.15) is 0 Å². The molecule has 1 aromatic heterocycles. The van der Waals surface area contributed by atoms with Crippen molar-refractivity contribution in [1.29, 1.82) is 0 Å². The molecule has 0 radical (unpaired) electrons. The SMILES string of the molecule is O=C(c1cccc2ccccc12)N1CCN(Cc2ncc[nH]2)c2ccccc2C1. The number of fused-ring (bicyclic) bond motifs is 2. The van der Waals surface area contributed by atoms with Crippen LogP contribution in [-0.2, 0) is 13.1 Å². The number of nitrogens with one attached hydrogen (secondary N) is 1. The highest BCUT2D eigenvalue weighted by Crippen LogP contribution is 2.28. The van der Waals surface area contributed by atoms with Crippen LogP contribution in [0.2, 0.25) is 0 Å². The molecule has 1 N–H and O–H groups in total. The minimum Gasteiger partial charge on any atom is -0.362 e. The van der Waals surface area contributed by atoms with Gasteiger partial charge in [0.05, 0.1) is 6.54 Å². The number of aromatic amines is 1. The lowest BCUT2D eigenvalue weighted by atomic mass is 10.0. The second kappa shape index (κ2) is 7.43. The quantitative estimate of drug-likeness (QED) is 0.577. The summed E-state index contributed by atoms with van der Waals surface area (Å²) < 4.78 is 0. The Labute approximate surface area is 169 Å². The molecule has 29 heavy (non-hydrogen) atoms. The molecule has 5 nitrogen and oxygen atoms in total. The van der Waals surface area contributed by atoms with Gasteiger partial charge in [-0.1, -0.05) is 54.6 Å². The number of anilines is 1. The summed E-state index contributed by atoms with van der Waals surface area (Å²) >= 11 is 0. The number of carbonyl (C=O) groups is 1. The van der Waals surface area contributed by atoms with Crippen LogP contribution in [0.5, 0.6) is 0 Å². The van der Waals surface area contributed by atoms with Crippen LogP contribution in [-0.4, -0.2) is 33.9 Å². The van der Waals surface area contributed by atoms with Gasteiger partial charge >= 0.3 is 0 Å². The molecule has 1 aliphatic heterocycles. The number of H-pyrrole nitrogens is 1. The molecule has 4 aromatic rings. The number of aromatic nitrogens is 2. The number of benzene rings is 3. The van der Waals surface area contributed by atoms with Crippen molar-refractivity contribution < 1.29 is 4.79 Å². The van der Waals surface area contributed by atoms with Crippen LogP contribution in [0, 0.1) is 0 Å². The van der Waals surface area contributed by atoms with Crippen molar-refractivity contribution >= 4 is 22.4 Å². The first-order chi connectivity index (χ1) is 14.3. The van der Waals surface area contributed by atoms with Crippen molar-refractivity contribution in [3.63, 3.8) is 0 Å². The first-order valence-electron chi connectivity index (χ1n) is 9.88. The third-order valence-corrected chi connectivity index (χ3v) is 5.54. The van der Waals surface area contributed by atoms with Crippen LogP contribution in [0.3, 0.4) is 0 Å². The Morgan fingerprint density at radius 2 is 1.79 bits per heavy atom. The van der Waals surface area contributed by atoms with Crippen molar-refractivity contribution in [2.75, 3.05) is 18.0 Å². The second-order valence-corrected chi connectivity index (χ2v) is 7.34. The van der Waals surface area contributed by atoms with Crippen LogP contribution in [0.1, 0.15) is 21.7 Å². The second-order valence-electron chi connectivity index (χ2n) is 7.34. The van der Waals surface area contributed by atoms with Gasteiger partial charge in [0.15, 0.2) is 0 Å². The van der Waals surface area contributed by atoms with E-state index >= 15 is 0 Å². The van der Waals surface area contributed by atoms with Crippen LogP contribution < -0.4 is 4.90 Å². The Morgan fingerprint density at radius 3 is 2.69 bits per heavy atom. The molecule has 2 heterocycles. The topological polar surface area (TPSA) is 52.2 Å². The van der Waals surface area contributed by atoms with E-state index in [0.29, 0.717) is 19.6 Å². The monoisotopic (exact) mass is 382 g/mol. The van der Waals surface area contributed by atoms with Gasteiger partial charge in [0.2, 0.25) is 0 Å². The van der Waals surface area contributed by atoms with E-state index in [1.54, 1.807) is 6.20 Å². The van der Waals surface area contributed by atoms with Gasteiger partial charge in [-0.15, -0.1) is 0 Å². The lowest BCUT2D eigenvalue weighted by Crippen LogP contribution is -2.35. The zero-order valence-electron chi connectivity index (χ0n) is 16.1. The standard InChI is InChI=1S/C24H22N4O/c29-24(21-10-5-8-18-6-1-3-9-20(18)21)28-15-14-27(17-23-25-12-13-26-23)22-11-4-2-7-19(22)16-28/h1-13H,14-17H2,(H,25,26). The fourth-order valence-electron chi connectivity index (χ4n) is 4.08. The van der Waals surface area contributed by atoms with Crippen LogP contribution in [0.15, 0.2) is 79.1 Å². The molecule has 0 saturated heterocycles. The number of amides is 1. The molecule has 0 aliphatic carbocycles. The zero-order valence-corrected chi connectivity index (χ0v) is 16.1. The van der Waals surface area contributed by atoms with E-state index in [-0.39, 0.29) is 5.91 Å². The largest absolute Gasteiger partial charge is 0.362 e. The van der Waals surface area contributed by atoms with E-state index in [1.807, 2.05) is 47.5 Å². The molecular weight excluding hydrogens is 360 g/mol. The number of rotatable bonds is 3. The summed E-state index contributed by atoms with van der Waals surface area (Å²) in [6.45, 7) is 2.72. The predicted octanol–water partition coefficient (Wildman–Crippen LogP) is 4.23. The van der Waals surface area contributed by atoms with E-state index in [1.165, 1.54) is 0 Å². The van der Waals surface area contributed by atoms with Gasteiger partial charge in [-0.3, -0.25) is 4.79 Å². The average molecular weight is 382 g/mol. The highest BCUT2D eigenvalue weighted by Gasteiger charge is 2.25. The Bertz CT molecular complexity index is 1150. The molecule has 1 aliphatic rings. The molecule has 0 spiro atoms. The first kappa shape index (κ1) is 17.5. The maximum atomic E-state index is 13.5. The smallest absolute Gasteiger partial charge is 0.254 e. The van der Waals surface area contributed by atoms with Crippen LogP contribution >= 0.6 is 0 Å². The number of hydrogen-bond donors (Lipinski definition) is 1. The Hall–Kier alpha value is -3.60. The first-order valence-corrected chi connectivity index (χ1v) is 9.88. The van der Waals surface area contributed by atoms with Crippen LogP contribution in [0.25, 0.3) is 10.8 Å². The number of para-hydroxylation sites is 1. The maximum Gasteiger partial charge on any atom is 0.254 e. The minimum absolute atomic E-state index is 0.0800. The highest BCUT2D eigenvalue weighted by atomic mass is 16.2. The summed E-state index contributed by atoms with van der Waals surface area (Å²) in [5, 5.41) is 2.10. The Balaban J connectivity index is 1.47. The molecule has 5 rings (SSSR count). The highest BCUT2D eigenvalue weighted by molar-refractivity contribution is 6.07. The van der Waals surface area contributed by atoms with Crippen molar-refractivity contribution in [1.82, 2.24) is 14.9 Å². The lowest BCUT2D eigenvalue weighted by Gasteiger charge is -2.24. The summed E-state index contributed by atoms with van der Waals surface area (Å²) in [5.74, 6) is 1.00. The van der Waals surface area contributed by atoms with E-state index in [0.717, 1.165) is 40.0 Å². The normalized spacial score (nSPS) is 13.9. The van der Waals surface area contributed by atoms with Gasteiger partial charge in [0, 0.05) is 43.3 Å². The summed E-state index contributed by atoms with van der Waals surface area (Å²) in [6, 6.07) is 22.3. The Morgan fingerprint density at radius 1 is 0.966 bits per heavy atom. The maximum absolute atomic E-state index is 13.5. The van der Waals surface area contributed by atoms with Crippen molar-refractivity contribution in [3.05, 3.63) is 96.1 Å². The molecule has 0 fully saturated rings. The molecular formula is C24H22N4O. The van der Waals surface area contributed by atoms with Gasteiger partial charge in [-0.25, -0.2) is 4.98 Å². The predicted molar refractivity (Wildman–Crippen MR) is 115 cm³/mol. The van der Waals surface area contributed by atoms with Crippen molar-refractivity contribution in [2.45, 2.75) is 13.1 Å². The van der Waals surface area contributed by atoms with E-state index in [9.17, 15) is 4.79 Å². The molecule has 0 unspecified atom stereocenters. The number of imidazole rings is 1. The molecule has 1 amide bonds. The molecule has 3 aromatic carbocycles. The number of nitrogens with zero attached hydrogens (tertiary/aromatic N) is 3. The number of hydrogen-bond acceptors (Lipinski definition) is 3. The van der Waals surface area contributed by atoms with E-state index in [2.05, 4.69) is 45.2 Å². The van der Waals surface area contributed by atoms with Crippen molar-refractivity contribution in [3.8, 4) is 0 Å². The van der Waals surface area contributed by atoms with Gasteiger partial charge < -0.3 is 14.8 Å². The molecule has 0 bridgehead atoms. The van der Waals surface area contributed by atoms with Crippen LogP contribution in [0.4, 0.5) is 5.69 Å². The molecule has 0 atom stereocenters. The number of carbonyl (C=O) groups excluding carboxylic acids is 1. The van der Waals surface area contributed by atoms with Gasteiger partial charge in [-0.05, 0) is 28.5 Å².